The first-order valence-corrected chi connectivity index (χ1v) is 6.35. The molecule has 0 bridgehead atoms. The lowest BCUT2D eigenvalue weighted by molar-refractivity contribution is -0.142. The maximum absolute atomic E-state index is 12.2. The molecule has 0 radical (unpaired) electrons. The Hall–Kier alpha value is -1.52. The van der Waals surface area contributed by atoms with Crippen molar-refractivity contribution >= 4 is 12.1 Å². The minimum Gasteiger partial charge on any atom is -0.479 e. The van der Waals surface area contributed by atoms with E-state index in [0.29, 0.717) is 12.1 Å². The molecule has 5 heteroatoms. The van der Waals surface area contributed by atoms with Crippen LogP contribution in [0.1, 0.15) is 41.5 Å². The highest BCUT2D eigenvalue weighted by atomic mass is 16.6. The van der Waals surface area contributed by atoms with Gasteiger partial charge in [0.15, 0.2) is 6.04 Å². The van der Waals surface area contributed by atoms with E-state index in [0.717, 1.165) is 0 Å². The van der Waals surface area contributed by atoms with Crippen molar-refractivity contribution in [1.82, 2.24) is 4.90 Å². The van der Waals surface area contributed by atoms with Crippen molar-refractivity contribution in [1.29, 1.82) is 0 Å². The molecule has 1 aliphatic heterocycles. The van der Waals surface area contributed by atoms with Gasteiger partial charge >= 0.3 is 12.1 Å². The van der Waals surface area contributed by atoms with E-state index in [1.165, 1.54) is 4.90 Å². The summed E-state index contributed by atoms with van der Waals surface area (Å²) in [6.07, 6.45) is 1.33. The molecule has 0 aromatic rings. The predicted molar refractivity (Wildman–Crippen MR) is 71.9 cm³/mol. The van der Waals surface area contributed by atoms with Crippen LogP contribution in [0, 0.1) is 5.41 Å². The third-order valence-electron chi connectivity index (χ3n) is 2.80. The lowest BCUT2D eigenvalue weighted by atomic mass is 9.84. The third kappa shape index (κ3) is 3.98. The van der Waals surface area contributed by atoms with E-state index in [2.05, 4.69) is 0 Å². The van der Waals surface area contributed by atoms with Gasteiger partial charge in [-0.3, -0.25) is 4.90 Å². The van der Waals surface area contributed by atoms with Crippen LogP contribution in [-0.4, -0.2) is 40.3 Å². The third-order valence-corrected chi connectivity index (χ3v) is 2.80. The van der Waals surface area contributed by atoms with Crippen molar-refractivity contribution in [3.8, 4) is 0 Å². The van der Waals surface area contributed by atoms with Crippen molar-refractivity contribution in [3.05, 3.63) is 11.6 Å². The molecular weight excluding hydrogens is 246 g/mol. The number of aliphatic carboxylic acids is 1. The summed E-state index contributed by atoms with van der Waals surface area (Å²) in [4.78, 5) is 24.8. The van der Waals surface area contributed by atoms with Gasteiger partial charge in [0.1, 0.15) is 5.60 Å². The van der Waals surface area contributed by atoms with Crippen LogP contribution in [0.2, 0.25) is 0 Å². The van der Waals surface area contributed by atoms with E-state index in [-0.39, 0.29) is 5.41 Å². The van der Waals surface area contributed by atoms with E-state index >= 15 is 0 Å². The van der Waals surface area contributed by atoms with E-state index in [9.17, 15) is 14.7 Å². The SMILES string of the molecule is CC1=CC(C)(C)CN(C(=O)OC(C)(C)C)C1C(=O)O. The molecule has 1 amide bonds. The highest BCUT2D eigenvalue weighted by Crippen LogP contribution is 2.31. The lowest BCUT2D eigenvalue weighted by Gasteiger charge is -2.40. The van der Waals surface area contributed by atoms with Gasteiger partial charge in [0.05, 0.1) is 0 Å². The molecule has 0 spiro atoms. The monoisotopic (exact) mass is 269 g/mol. The van der Waals surface area contributed by atoms with Crippen LogP contribution in [0.3, 0.4) is 0 Å². The molecule has 1 N–H and O–H groups in total. The summed E-state index contributed by atoms with van der Waals surface area (Å²) >= 11 is 0. The lowest BCUT2D eigenvalue weighted by Crippen LogP contribution is -2.53. The van der Waals surface area contributed by atoms with Crippen LogP contribution in [0.25, 0.3) is 0 Å². The Morgan fingerprint density at radius 1 is 1.42 bits per heavy atom. The molecule has 19 heavy (non-hydrogen) atoms. The van der Waals surface area contributed by atoms with Crippen LogP contribution in [0.5, 0.6) is 0 Å². The standard InChI is InChI=1S/C14H23NO4/c1-9-7-14(5,6)8-15(10(9)11(16)17)12(18)19-13(2,3)4/h7,10H,8H2,1-6H3,(H,16,17). The topological polar surface area (TPSA) is 66.8 Å². The molecule has 0 fully saturated rings. The summed E-state index contributed by atoms with van der Waals surface area (Å²) in [5.41, 5.74) is -0.235. The van der Waals surface area contributed by atoms with Crippen LogP contribution in [-0.2, 0) is 9.53 Å². The molecule has 0 aromatic carbocycles. The van der Waals surface area contributed by atoms with Gasteiger partial charge in [-0.15, -0.1) is 0 Å². The fourth-order valence-corrected chi connectivity index (χ4v) is 2.34. The van der Waals surface area contributed by atoms with Crippen molar-refractivity contribution < 1.29 is 19.4 Å². The molecule has 1 rings (SSSR count). The second-order valence-electron chi connectivity index (χ2n) is 6.73. The number of hydrogen-bond acceptors (Lipinski definition) is 3. The Kier molecular flexibility index (Phi) is 3.98. The summed E-state index contributed by atoms with van der Waals surface area (Å²) in [6.45, 7) is 11.3. The first kappa shape index (κ1) is 15.5. The average molecular weight is 269 g/mol. The molecule has 1 heterocycles. The molecule has 0 saturated heterocycles. The van der Waals surface area contributed by atoms with Gasteiger partial charge < -0.3 is 9.84 Å². The molecular formula is C14H23NO4. The maximum Gasteiger partial charge on any atom is 0.411 e. The number of amides is 1. The molecule has 1 unspecified atom stereocenters. The van der Waals surface area contributed by atoms with Gasteiger partial charge in [0.25, 0.3) is 0 Å². The molecule has 1 aliphatic rings. The summed E-state index contributed by atoms with van der Waals surface area (Å²) in [5.74, 6) is -1.03. The number of hydrogen-bond donors (Lipinski definition) is 1. The van der Waals surface area contributed by atoms with E-state index in [4.69, 9.17) is 4.74 Å². The second kappa shape index (κ2) is 4.87. The van der Waals surface area contributed by atoms with Crippen LogP contribution < -0.4 is 0 Å². The van der Waals surface area contributed by atoms with Gasteiger partial charge in [0.2, 0.25) is 0 Å². The largest absolute Gasteiger partial charge is 0.479 e. The molecule has 0 aliphatic carbocycles. The second-order valence-corrected chi connectivity index (χ2v) is 6.73. The van der Waals surface area contributed by atoms with E-state index < -0.39 is 23.7 Å². The average Bonchev–Trinajstić information content (AvgIpc) is 2.10. The highest BCUT2D eigenvalue weighted by Gasteiger charge is 2.40. The van der Waals surface area contributed by atoms with E-state index in [1.54, 1.807) is 27.7 Å². The van der Waals surface area contributed by atoms with E-state index in [1.807, 2.05) is 19.9 Å². The first-order chi connectivity index (χ1) is 8.43. The van der Waals surface area contributed by atoms with Crippen molar-refractivity contribution in [2.75, 3.05) is 6.54 Å². The van der Waals surface area contributed by atoms with Crippen molar-refractivity contribution in [2.24, 2.45) is 5.41 Å². The van der Waals surface area contributed by atoms with Gasteiger partial charge in [0, 0.05) is 12.0 Å². The van der Waals surface area contributed by atoms with Gasteiger partial charge in [-0.2, -0.15) is 0 Å². The van der Waals surface area contributed by atoms with Crippen LogP contribution in [0.4, 0.5) is 4.79 Å². The minimum absolute atomic E-state index is 0.257. The Balaban J connectivity index is 3.06. The molecule has 0 aromatic heterocycles. The highest BCUT2D eigenvalue weighted by molar-refractivity contribution is 5.83. The molecule has 5 nitrogen and oxygen atoms in total. The Morgan fingerprint density at radius 2 is 1.95 bits per heavy atom. The minimum atomic E-state index is -1.03. The van der Waals surface area contributed by atoms with Crippen molar-refractivity contribution in [3.63, 3.8) is 0 Å². The quantitative estimate of drug-likeness (QED) is 0.743. The summed E-state index contributed by atoms with van der Waals surface area (Å²) in [5, 5.41) is 9.31. The van der Waals surface area contributed by atoms with Gasteiger partial charge in [-0.1, -0.05) is 19.9 Å². The number of carboxylic acids is 1. The fraction of sp³-hybridized carbons (Fsp3) is 0.714. The summed E-state index contributed by atoms with van der Waals surface area (Å²) in [6, 6.07) is -0.942. The Bertz CT molecular complexity index is 418. The van der Waals surface area contributed by atoms with Crippen molar-refractivity contribution in [2.45, 2.75) is 53.2 Å². The number of carbonyl (C=O) groups is 2. The molecule has 1 atom stereocenters. The zero-order chi connectivity index (χ0) is 15.0. The van der Waals surface area contributed by atoms with Crippen LogP contribution >= 0.6 is 0 Å². The molecule has 0 saturated carbocycles. The number of nitrogens with zero attached hydrogens (tertiary/aromatic N) is 1. The van der Waals surface area contributed by atoms with Gasteiger partial charge in [-0.25, -0.2) is 9.59 Å². The zero-order valence-electron chi connectivity index (χ0n) is 12.5. The Morgan fingerprint density at radius 3 is 2.37 bits per heavy atom. The van der Waals surface area contributed by atoms with Crippen LogP contribution in [0.15, 0.2) is 11.6 Å². The number of rotatable bonds is 1. The smallest absolute Gasteiger partial charge is 0.411 e. The normalized spacial score (nSPS) is 22.7. The number of carbonyl (C=O) groups excluding carboxylic acids is 1. The fourth-order valence-electron chi connectivity index (χ4n) is 2.34. The predicted octanol–water partition coefficient (Wildman–Crippen LogP) is 2.66. The number of ether oxygens (including phenoxy) is 1. The zero-order valence-corrected chi connectivity index (χ0v) is 12.5. The summed E-state index contributed by atoms with van der Waals surface area (Å²) < 4.78 is 5.30. The number of carboxylic acid groups (broad SMARTS) is 1. The molecule has 108 valence electrons. The Labute approximate surface area is 114 Å². The maximum atomic E-state index is 12.2. The van der Waals surface area contributed by atoms with Gasteiger partial charge in [-0.05, 0) is 33.3 Å². The first-order valence-electron chi connectivity index (χ1n) is 6.35. The summed E-state index contributed by atoms with van der Waals surface area (Å²) in [7, 11) is 0.